The van der Waals surface area contributed by atoms with Crippen LogP contribution >= 0.6 is 11.8 Å². The van der Waals surface area contributed by atoms with E-state index in [0.29, 0.717) is 23.1 Å². The maximum absolute atomic E-state index is 14.0. The summed E-state index contributed by atoms with van der Waals surface area (Å²) in [5.74, 6) is 0.184. The molecule has 0 unspecified atom stereocenters. The van der Waals surface area contributed by atoms with E-state index in [1.54, 1.807) is 40.8 Å². The molecule has 0 spiro atoms. The zero-order valence-electron chi connectivity index (χ0n) is 14.9. The Morgan fingerprint density at radius 2 is 1.89 bits per heavy atom. The molecular formula is C20H19FN4OS. The van der Waals surface area contributed by atoms with Crippen LogP contribution in [0.3, 0.4) is 0 Å². The Hall–Kier alpha value is -2.93. The molecule has 0 saturated carbocycles. The fourth-order valence-electron chi connectivity index (χ4n) is 2.61. The molecule has 0 aliphatic heterocycles. The quantitative estimate of drug-likeness (QED) is 0.459. The van der Waals surface area contributed by atoms with E-state index in [1.165, 1.54) is 17.8 Å². The molecule has 7 heteroatoms. The maximum Gasteiger partial charge on any atom is 0.237 e. The predicted octanol–water partition coefficient (Wildman–Crippen LogP) is 3.93. The molecule has 1 aromatic heterocycles. The van der Waals surface area contributed by atoms with Crippen molar-refractivity contribution in [1.82, 2.24) is 14.8 Å². The van der Waals surface area contributed by atoms with Crippen LogP contribution in [-0.4, -0.2) is 33.0 Å². The van der Waals surface area contributed by atoms with Gasteiger partial charge in [-0.05, 0) is 24.3 Å². The minimum atomic E-state index is -0.359. The predicted molar refractivity (Wildman–Crippen MR) is 106 cm³/mol. The molecule has 0 fully saturated rings. The van der Waals surface area contributed by atoms with Crippen LogP contribution in [0.25, 0.3) is 11.4 Å². The van der Waals surface area contributed by atoms with Crippen LogP contribution < -0.4 is 4.90 Å². The molecule has 1 amide bonds. The summed E-state index contributed by atoms with van der Waals surface area (Å²) in [6, 6.07) is 15.8. The van der Waals surface area contributed by atoms with Gasteiger partial charge in [-0.25, -0.2) is 4.39 Å². The van der Waals surface area contributed by atoms with Crippen molar-refractivity contribution in [3.63, 3.8) is 0 Å². The highest BCUT2D eigenvalue weighted by molar-refractivity contribution is 7.99. The topological polar surface area (TPSA) is 51.0 Å². The molecular weight excluding hydrogens is 363 g/mol. The molecule has 138 valence electrons. The number of benzene rings is 2. The van der Waals surface area contributed by atoms with Gasteiger partial charge >= 0.3 is 0 Å². The minimum Gasteiger partial charge on any atom is -0.308 e. The normalized spacial score (nSPS) is 10.6. The molecule has 27 heavy (non-hydrogen) atoms. The first-order chi connectivity index (χ1) is 13.1. The van der Waals surface area contributed by atoms with Crippen molar-refractivity contribution in [3.05, 3.63) is 73.1 Å². The van der Waals surface area contributed by atoms with Crippen LogP contribution in [0, 0.1) is 5.82 Å². The van der Waals surface area contributed by atoms with Gasteiger partial charge in [-0.3, -0.25) is 4.79 Å². The van der Waals surface area contributed by atoms with E-state index < -0.39 is 0 Å². The van der Waals surface area contributed by atoms with Crippen molar-refractivity contribution in [1.29, 1.82) is 0 Å². The SMILES string of the molecule is C=CCN(C(=O)CSc1nnc(-c2ccccc2F)n1C)c1ccccc1. The lowest BCUT2D eigenvalue weighted by Gasteiger charge is -2.21. The lowest BCUT2D eigenvalue weighted by atomic mass is 10.2. The van der Waals surface area contributed by atoms with E-state index in [9.17, 15) is 9.18 Å². The van der Waals surface area contributed by atoms with Gasteiger partial charge in [-0.2, -0.15) is 0 Å². The summed E-state index contributed by atoms with van der Waals surface area (Å²) < 4.78 is 15.7. The summed E-state index contributed by atoms with van der Waals surface area (Å²) in [6.45, 7) is 4.14. The van der Waals surface area contributed by atoms with Crippen LogP contribution in [0.1, 0.15) is 0 Å². The number of amides is 1. The van der Waals surface area contributed by atoms with Crippen LogP contribution in [0.2, 0.25) is 0 Å². The molecule has 0 bridgehead atoms. The smallest absolute Gasteiger partial charge is 0.237 e. The van der Waals surface area contributed by atoms with Crippen molar-refractivity contribution in [2.45, 2.75) is 5.16 Å². The van der Waals surface area contributed by atoms with Gasteiger partial charge in [0, 0.05) is 19.3 Å². The Kier molecular flexibility index (Phi) is 6.03. The molecule has 0 aliphatic rings. The molecule has 0 atom stereocenters. The number of carbonyl (C=O) groups excluding carboxylic acids is 1. The second-order valence-electron chi connectivity index (χ2n) is 5.76. The molecule has 2 aromatic carbocycles. The molecule has 0 aliphatic carbocycles. The Balaban J connectivity index is 1.74. The fraction of sp³-hybridized carbons (Fsp3) is 0.150. The van der Waals surface area contributed by atoms with Crippen molar-refractivity contribution < 1.29 is 9.18 Å². The molecule has 0 N–H and O–H groups in total. The van der Waals surface area contributed by atoms with Gasteiger partial charge in [-0.15, -0.1) is 16.8 Å². The Morgan fingerprint density at radius 3 is 2.59 bits per heavy atom. The second kappa shape index (κ2) is 8.64. The van der Waals surface area contributed by atoms with Crippen molar-refractivity contribution in [2.75, 3.05) is 17.2 Å². The van der Waals surface area contributed by atoms with Gasteiger partial charge < -0.3 is 9.47 Å². The van der Waals surface area contributed by atoms with Gasteiger partial charge in [-0.1, -0.05) is 48.2 Å². The van der Waals surface area contributed by atoms with E-state index in [-0.39, 0.29) is 17.5 Å². The van der Waals surface area contributed by atoms with Crippen LogP contribution in [-0.2, 0) is 11.8 Å². The number of hydrogen-bond acceptors (Lipinski definition) is 4. The number of halogens is 1. The van der Waals surface area contributed by atoms with E-state index in [2.05, 4.69) is 16.8 Å². The van der Waals surface area contributed by atoms with Crippen LogP contribution in [0.4, 0.5) is 10.1 Å². The number of thioether (sulfide) groups is 1. The highest BCUT2D eigenvalue weighted by Crippen LogP contribution is 2.25. The Bertz CT molecular complexity index is 942. The summed E-state index contributed by atoms with van der Waals surface area (Å²) in [4.78, 5) is 14.3. The molecule has 0 radical (unpaired) electrons. The molecule has 0 saturated heterocycles. The van der Waals surface area contributed by atoms with Crippen molar-refractivity contribution >= 4 is 23.4 Å². The third kappa shape index (κ3) is 4.25. The number of anilines is 1. The third-order valence-corrected chi connectivity index (χ3v) is 4.96. The summed E-state index contributed by atoms with van der Waals surface area (Å²) in [6.07, 6.45) is 1.69. The number of aromatic nitrogens is 3. The number of rotatable bonds is 7. The Labute approximate surface area is 161 Å². The van der Waals surface area contributed by atoms with Gasteiger partial charge in [0.15, 0.2) is 11.0 Å². The highest BCUT2D eigenvalue weighted by Gasteiger charge is 2.18. The van der Waals surface area contributed by atoms with Crippen LogP contribution in [0.5, 0.6) is 0 Å². The first kappa shape index (κ1) is 18.8. The van der Waals surface area contributed by atoms with Gasteiger partial charge in [0.05, 0.1) is 11.3 Å². The lowest BCUT2D eigenvalue weighted by Crippen LogP contribution is -2.32. The first-order valence-electron chi connectivity index (χ1n) is 8.35. The Morgan fingerprint density at radius 1 is 1.19 bits per heavy atom. The molecule has 5 nitrogen and oxygen atoms in total. The van der Waals surface area contributed by atoms with E-state index >= 15 is 0 Å². The van der Waals surface area contributed by atoms with E-state index in [0.717, 1.165) is 5.69 Å². The number of carbonyl (C=O) groups is 1. The first-order valence-corrected chi connectivity index (χ1v) is 9.33. The van der Waals surface area contributed by atoms with Crippen molar-refractivity contribution in [2.24, 2.45) is 7.05 Å². The zero-order chi connectivity index (χ0) is 19.2. The lowest BCUT2D eigenvalue weighted by molar-refractivity contribution is -0.116. The summed E-state index contributed by atoms with van der Waals surface area (Å²) in [7, 11) is 1.76. The van der Waals surface area contributed by atoms with Gasteiger partial charge in [0.2, 0.25) is 5.91 Å². The highest BCUT2D eigenvalue weighted by atomic mass is 32.2. The van der Waals surface area contributed by atoms with Crippen LogP contribution in [0.15, 0.2) is 72.4 Å². The molecule has 3 aromatic rings. The minimum absolute atomic E-state index is 0.0680. The van der Waals surface area contributed by atoms with Gasteiger partial charge in [0.1, 0.15) is 5.82 Å². The number of para-hydroxylation sites is 1. The summed E-state index contributed by atoms with van der Waals surface area (Å²) in [5, 5.41) is 8.73. The standard InChI is InChI=1S/C20H19FN4OS/c1-3-13-25(15-9-5-4-6-10-15)18(26)14-27-20-23-22-19(24(20)2)16-11-7-8-12-17(16)21/h3-12H,1,13-14H2,2H3. The fourth-order valence-corrected chi connectivity index (χ4v) is 3.40. The third-order valence-electron chi connectivity index (χ3n) is 3.96. The van der Waals surface area contributed by atoms with E-state index in [1.807, 2.05) is 30.3 Å². The average Bonchev–Trinajstić information content (AvgIpc) is 3.05. The summed E-state index contributed by atoms with van der Waals surface area (Å²) in [5.41, 5.74) is 1.19. The molecule has 1 heterocycles. The maximum atomic E-state index is 14.0. The second-order valence-corrected chi connectivity index (χ2v) is 6.70. The monoisotopic (exact) mass is 382 g/mol. The molecule has 3 rings (SSSR count). The van der Waals surface area contributed by atoms with Gasteiger partial charge in [0.25, 0.3) is 0 Å². The number of hydrogen-bond donors (Lipinski definition) is 0. The number of nitrogens with zero attached hydrogens (tertiary/aromatic N) is 4. The average molecular weight is 382 g/mol. The zero-order valence-corrected chi connectivity index (χ0v) is 15.7. The van der Waals surface area contributed by atoms with E-state index in [4.69, 9.17) is 0 Å². The van der Waals surface area contributed by atoms with Crippen molar-refractivity contribution in [3.8, 4) is 11.4 Å². The largest absolute Gasteiger partial charge is 0.308 e. The summed E-state index contributed by atoms with van der Waals surface area (Å²) >= 11 is 1.27.